The van der Waals surface area contributed by atoms with Crippen molar-refractivity contribution in [2.24, 2.45) is 0 Å². The Hall–Kier alpha value is -4.34. The molecule has 1 atom stereocenters. The van der Waals surface area contributed by atoms with Crippen molar-refractivity contribution in [2.45, 2.75) is 25.8 Å². The van der Waals surface area contributed by atoms with Crippen molar-refractivity contribution in [1.29, 1.82) is 0 Å². The van der Waals surface area contributed by atoms with E-state index in [2.05, 4.69) is 9.97 Å². The maximum Gasteiger partial charge on any atom is 0.335 e. The molecule has 2 aromatic heterocycles. The second-order valence-electron chi connectivity index (χ2n) is 8.54. The van der Waals surface area contributed by atoms with Crippen molar-refractivity contribution in [3.05, 3.63) is 77.1 Å². The minimum absolute atomic E-state index is 0.0142. The second kappa shape index (κ2) is 9.13. The van der Waals surface area contributed by atoms with Crippen LogP contribution < -0.4 is 21.9 Å². The number of nitrogen functional groups attached to an aromatic ring is 2. The van der Waals surface area contributed by atoms with Crippen molar-refractivity contribution in [3.63, 3.8) is 0 Å². The first kappa shape index (κ1) is 22.5. The minimum atomic E-state index is -0.309. The standard InChI is InChI=1S/C25H26FN7O2/c1-16(26)14-31-13-5-6-18(15-31)33-23-21(22(27)29-24(28)30-23)32(25(33)34)17-9-11-20(12-10-17)35-19-7-3-2-4-8-19/h2-4,7-12,14,18H,5-6,13,15H2,1H3,(H4,27,28,29,30). The molecule has 1 fully saturated rings. The summed E-state index contributed by atoms with van der Waals surface area (Å²) in [6.07, 6.45) is 3.01. The highest BCUT2D eigenvalue weighted by Crippen LogP contribution is 2.29. The molecule has 0 bridgehead atoms. The molecule has 1 unspecified atom stereocenters. The zero-order valence-electron chi connectivity index (χ0n) is 19.3. The van der Waals surface area contributed by atoms with E-state index in [-0.39, 0.29) is 29.3 Å². The number of nitrogens with two attached hydrogens (primary N) is 2. The monoisotopic (exact) mass is 475 g/mol. The number of para-hydroxylation sites is 1. The lowest BCUT2D eigenvalue weighted by molar-refractivity contribution is 0.231. The normalized spacial score (nSPS) is 16.6. The summed E-state index contributed by atoms with van der Waals surface area (Å²) in [5.74, 6) is 1.15. The number of benzene rings is 2. The van der Waals surface area contributed by atoms with Crippen LogP contribution in [0.25, 0.3) is 16.9 Å². The molecular weight excluding hydrogens is 449 g/mol. The van der Waals surface area contributed by atoms with Gasteiger partial charge >= 0.3 is 5.69 Å². The van der Waals surface area contributed by atoms with Crippen molar-refractivity contribution in [3.8, 4) is 17.2 Å². The molecule has 1 aliphatic heterocycles. The number of imidazole rings is 1. The number of halogens is 1. The van der Waals surface area contributed by atoms with Gasteiger partial charge in [0.2, 0.25) is 5.95 Å². The van der Waals surface area contributed by atoms with E-state index < -0.39 is 0 Å². The van der Waals surface area contributed by atoms with Gasteiger partial charge in [0.1, 0.15) is 22.8 Å². The molecule has 4 N–H and O–H groups in total. The fraction of sp³-hybridized carbons (Fsp3) is 0.240. The molecule has 10 heteroatoms. The minimum Gasteiger partial charge on any atom is -0.457 e. The Morgan fingerprint density at radius 2 is 1.80 bits per heavy atom. The van der Waals surface area contributed by atoms with Gasteiger partial charge in [0.05, 0.1) is 11.7 Å². The first-order chi connectivity index (χ1) is 16.9. The lowest BCUT2D eigenvalue weighted by atomic mass is 10.1. The summed E-state index contributed by atoms with van der Waals surface area (Å²) in [5.41, 5.74) is 13.2. The topological polar surface area (TPSA) is 117 Å². The molecule has 1 aliphatic rings. The summed E-state index contributed by atoms with van der Waals surface area (Å²) in [7, 11) is 0. The van der Waals surface area contributed by atoms with E-state index in [0.717, 1.165) is 12.8 Å². The van der Waals surface area contributed by atoms with Crippen LogP contribution in [0, 0.1) is 0 Å². The SMILES string of the molecule is CC(F)=CN1CCCC(n2c(=O)n(-c3ccc(Oc4ccccc4)cc3)c3c(N)nc(N)nc32)C1. The number of hydrogen-bond acceptors (Lipinski definition) is 7. The smallest absolute Gasteiger partial charge is 0.335 e. The van der Waals surface area contributed by atoms with E-state index in [1.165, 1.54) is 17.7 Å². The number of piperidine rings is 1. The number of allylic oxidation sites excluding steroid dienone is 1. The van der Waals surface area contributed by atoms with Crippen LogP contribution in [0.2, 0.25) is 0 Å². The summed E-state index contributed by atoms with van der Waals surface area (Å²) >= 11 is 0. The van der Waals surface area contributed by atoms with Gasteiger partial charge in [0, 0.05) is 19.3 Å². The molecule has 5 rings (SSSR count). The Balaban J connectivity index is 1.58. The zero-order valence-corrected chi connectivity index (χ0v) is 19.3. The Morgan fingerprint density at radius 1 is 1.09 bits per heavy atom. The van der Waals surface area contributed by atoms with Gasteiger partial charge in [-0.2, -0.15) is 9.97 Å². The zero-order chi connectivity index (χ0) is 24.5. The first-order valence-corrected chi connectivity index (χ1v) is 11.4. The van der Waals surface area contributed by atoms with Gasteiger partial charge in [-0.05, 0) is 56.2 Å². The number of ether oxygens (including phenoxy) is 1. The Kier molecular flexibility index (Phi) is 5.86. The maximum atomic E-state index is 13.8. The summed E-state index contributed by atoms with van der Waals surface area (Å²) < 4.78 is 22.5. The number of fused-ring (bicyclic) bond motifs is 1. The lowest BCUT2D eigenvalue weighted by Gasteiger charge is -2.32. The molecule has 2 aromatic carbocycles. The Morgan fingerprint density at radius 3 is 2.51 bits per heavy atom. The summed E-state index contributed by atoms with van der Waals surface area (Å²) in [5, 5.41) is 0. The number of aromatic nitrogens is 4. The van der Waals surface area contributed by atoms with Crippen LogP contribution in [-0.2, 0) is 0 Å². The molecule has 3 heterocycles. The fourth-order valence-electron chi connectivity index (χ4n) is 4.57. The molecule has 4 aromatic rings. The third kappa shape index (κ3) is 4.42. The third-order valence-electron chi connectivity index (χ3n) is 5.99. The van der Waals surface area contributed by atoms with Gasteiger partial charge in [-0.25, -0.2) is 9.18 Å². The molecule has 0 spiro atoms. The van der Waals surface area contributed by atoms with Crippen molar-refractivity contribution < 1.29 is 9.13 Å². The summed E-state index contributed by atoms with van der Waals surface area (Å²) in [6.45, 7) is 2.59. The largest absolute Gasteiger partial charge is 0.457 e. The van der Waals surface area contributed by atoms with Gasteiger partial charge in [-0.3, -0.25) is 9.13 Å². The van der Waals surface area contributed by atoms with E-state index in [9.17, 15) is 9.18 Å². The van der Waals surface area contributed by atoms with Crippen LogP contribution in [-0.4, -0.2) is 37.1 Å². The highest BCUT2D eigenvalue weighted by atomic mass is 19.1. The molecule has 1 saturated heterocycles. The quantitative estimate of drug-likeness (QED) is 0.448. The average Bonchev–Trinajstić information content (AvgIpc) is 3.12. The average molecular weight is 476 g/mol. The fourth-order valence-corrected chi connectivity index (χ4v) is 4.57. The molecule has 0 aliphatic carbocycles. The third-order valence-corrected chi connectivity index (χ3v) is 5.99. The van der Waals surface area contributed by atoms with Crippen molar-refractivity contribution >= 4 is 22.9 Å². The Bertz CT molecular complexity index is 1440. The molecule has 9 nitrogen and oxygen atoms in total. The van der Waals surface area contributed by atoms with Crippen LogP contribution in [0.1, 0.15) is 25.8 Å². The van der Waals surface area contributed by atoms with Crippen molar-refractivity contribution in [2.75, 3.05) is 24.6 Å². The van der Waals surface area contributed by atoms with Gasteiger partial charge in [0.25, 0.3) is 0 Å². The predicted octanol–water partition coefficient (Wildman–Crippen LogP) is 4.01. The molecule has 0 radical (unpaired) electrons. The second-order valence-corrected chi connectivity index (χ2v) is 8.54. The summed E-state index contributed by atoms with van der Waals surface area (Å²) in [6, 6.07) is 16.3. The first-order valence-electron chi connectivity index (χ1n) is 11.4. The van der Waals surface area contributed by atoms with Crippen LogP contribution in [0.5, 0.6) is 11.5 Å². The number of hydrogen-bond donors (Lipinski definition) is 2. The van der Waals surface area contributed by atoms with E-state index >= 15 is 0 Å². The van der Waals surface area contributed by atoms with Crippen LogP contribution in [0.4, 0.5) is 16.2 Å². The molecule has 0 amide bonds. The predicted molar refractivity (Wildman–Crippen MR) is 133 cm³/mol. The molecule has 180 valence electrons. The van der Waals surface area contributed by atoms with E-state index in [0.29, 0.717) is 41.4 Å². The van der Waals surface area contributed by atoms with Crippen LogP contribution in [0.3, 0.4) is 0 Å². The number of anilines is 2. The summed E-state index contributed by atoms with van der Waals surface area (Å²) in [4.78, 5) is 24.1. The Labute approximate surface area is 201 Å². The van der Waals surface area contributed by atoms with E-state index in [4.69, 9.17) is 16.2 Å². The van der Waals surface area contributed by atoms with Gasteiger partial charge in [-0.1, -0.05) is 18.2 Å². The maximum absolute atomic E-state index is 13.8. The number of likely N-dealkylation sites (tertiary alicyclic amines) is 1. The highest BCUT2D eigenvalue weighted by molar-refractivity contribution is 5.85. The number of rotatable bonds is 5. The van der Waals surface area contributed by atoms with E-state index in [1.54, 1.807) is 28.8 Å². The lowest BCUT2D eigenvalue weighted by Crippen LogP contribution is -2.37. The van der Waals surface area contributed by atoms with Crippen molar-refractivity contribution in [1.82, 2.24) is 24.0 Å². The molecule has 0 saturated carbocycles. The van der Waals surface area contributed by atoms with E-state index in [1.807, 2.05) is 35.2 Å². The highest BCUT2D eigenvalue weighted by Gasteiger charge is 2.28. The van der Waals surface area contributed by atoms with Gasteiger partial charge in [0.15, 0.2) is 11.5 Å². The van der Waals surface area contributed by atoms with Crippen LogP contribution in [0.15, 0.2) is 71.4 Å². The van der Waals surface area contributed by atoms with Crippen LogP contribution >= 0.6 is 0 Å². The van der Waals surface area contributed by atoms with Gasteiger partial charge < -0.3 is 21.1 Å². The molecule has 35 heavy (non-hydrogen) atoms. The van der Waals surface area contributed by atoms with Gasteiger partial charge in [-0.15, -0.1) is 0 Å². The number of nitrogens with zero attached hydrogens (tertiary/aromatic N) is 5. The molecular formula is C25H26FN7O2.